The summed E-state index contributed by atoms with van der Waals surface area (Å²) < 4.78 is 1.79. The number of carboxylic acid groups (broad SMARTS) is 1. The van der Waals surface area contributed by atoms with Gasteiger partial charge in [-0.25, -0.2) is 4.79 Å². The van der Waals surface area contributed by atoms with Gasteiger partial charge >= 0.3 is 5.97 Å². The van der Waals surface area contributed by atoms with Crippen LogP contribution in [0.1, 0.15) is 29.4 Å². The van der Waals surface area contributed by atoms with Crippen LogP contribution in [0.3, 0.4) is 0 Å². The Morgan fingerprint density at radius 2 is 2.06 bits per heavy atom. The first-order chi connectivity index (χ1) is 8.63. The third-order valence-electron chi connectivity index (χ3n) is 3.34. The van der Waals surface area contributed by atoms with E-state index in [0.29, 0.717) is 18.8 Å². The number of likely N-dealkylation sites (tertiary alicyclic amines) is 1. The number of hydrogen-bond acceptors (Lipinski definition) is 2. The number of amides is 1. The van der Waals surface area contributed by atoms with E-state index in [1.165, 1.54) is 6.08 Å². The van der Waals surface area contributed by atoms with Gasteiger partial charge in [-0.2, -0.15) is 0 Å². The Hall–Kier alpha value is -2.04. The van der Waals surface area contributed by atoms with Gasteiger partial charge in [-0.15, -0.1) is 0 Å². The molecule has 1 fully saturated rings. The number of piperidine rings is 1. The van der Waals surface area contributed by atoms with E-state index in [0.717, 1.165) is 12.8 Å². The van der Waals surface area contributed by atoms with E-state index < -0.39 is 5.97 Å². The number of rotatable bonds is 3. The van der Waals surface area contributed by atoms with E-state index in [1.807, 2.05) is 0 Å². The molecule has 1 amide bonds. The summed E-state index contributed by atoms with van der Waals surface area (Å²) in [5.74, 6) is -0.969. The first-order valence-corrected chi connectivity index (χ1v) is 5.95. The van der Waals surface area contributed by atoms with Crippen LogP contribution in [0.15, 0.2) is 31.0 Å². The molecule has 0 aliphatic carbocycles. The molecule has 1 aliphatic heterocycles. The van der Waals surface area contributed by atoms with Gasteiger partial charge in [0.15, 0.2) is 0 Å². The van der Waals surface area contributed by atoms with Crippen LogP contribution in [0, 0.1) is 0 Å². The number of hydrogen-bond donors (Lipinski definition) is 1. The summed E-state index contributed by atoms with van der Waals surface area (Å²) in [5.41, 5.74) is 0.309. The van der Waals surface area contributed by atoms with Crippen molar-refractivity contribution in [2.24, 2.45) is 0 Å². The molecular formula is C13H16N2O3. The maximum atomic E-state index is 11.4. The van der Waals surface area contributed by atoms with Crippen LogP contribution in [0.25, 0.3) is 0 Å². The molecule has 18 heavy (non-hydrogen) atoms. The summed E-state index contributed by atoms with van der Waals surface area (Å²) in [7, 11) is 0. The molecule has 1 N–H and O–H groups in total. The van der Waals surface area contributed by atoms with Gasteiger partial charge < -0.3 is 14.6 Å². The van der Waals surface area contributed by atoms with Gasteiger partial charge in [-0.1, -0.05) is 6.58 Å². The van der Waals surface area contributed by atoms with Crippen molar-refractivity contribution < 1.29 is 14.7 Å². The molecule has 0 aromatic carbocycles. The fourth-order valence-corrected chi connectivity index (χ4v) is 2.39. The molecule has 5 heteroatoms. The van der Waals surface area contributed by atoms with Crippen LogP contribution >= 0.6 is 0 Å². The first kappa shape index (κ1) is 12.4. The van der Waals surface area contributed by atoms with Crippen molar-refractivity contribution in [3.05, 3.63) is 36.7 Å². The van der Waals surface area contributed by atoms with Crippen LogP contribution < -0.4 is 0 Å². The zero-order valence-corrected chi connectivity index (χ0v) is 10.1. The minimum atomic E-state index is -0.912. The molecule has 1 aromatic rings. The fourth-order valence-electron chi connectivity index (χ4n) is 2.39. The highest BCUT2D eigenvalue weighted by Gasteiger charge is 2.24. The number of aromatic nitrogens is 1. The van der Waals surface area contributed by atoms with Crippen LogP contribution in [-0.2, 0) is 4.79 Å². The number of carbonyl (C=O) groups is 2. The first-order valence-electron chi connectivity index (χ1n) is 5.95. The summed E-state index contributed by atoms with van der Waals surface area (Å²) >= 11 is 0. The van der Waals surface area contributed by atoms with Gasteiger partial charge in [0.25, 0.3) is 0 Å². The highest BCUT2D eigenvalue weighted by atomic mass is 16.4. The minimum Gasteiger partial charge on any atom is -0.477 e. The fraction of sp³-hybridized carbons (Fsp3) is 0.385. The number of carboxylic acids is 1. The molecular weight excluding hydrogens is 232 g/mol. The lowest BCUT2D eigenvalue weighted by Gasteiger charge is -2.32. The maximum Gasteiger partial charge on any atom is 0.352 e. The molecule has 1 saturated heterocycles. The van der Waals surface area contributed by atoms with Crippen LogP contribution in [0.2, 0.25) is 0 Å². The third-order valence-corrected chi connectivity index (χ3v) is 3.34. The number of nitrogens with zero attached hydrogens (tertiary/aromatic N) is 2. The molecule has 0 spiro atoms. The van der Waals surface area contributed by atoms with Crippen LogP contribution in [0.4, 0.5) is 0 Å². The Labute approximate surface area is 105 Å². The molecule has 0 bridgehead atoms. The zero-order valence-electron chi connectivity index (χ0n) is 10.1. The van der Waals surface area contributed by atoms with Gasteiger partial charge in [-0.3, -0.25) is 4.79 Å². The summed E-state index contributed by atoms with van der Waals surface area (Å²) in [6.07, 6.45) is 4.65. The molecule has 1 aliphatic rings. The lowest BCUT2D eigenvalue weighted by molar-refractivity contribution is -0.127. The lowest BCUT2D eigenvalue weighted by atomic mass is 10.0. The number of aromatic carboxylic acids is 1. The van der Waals surface area contributed by atoms with Crippen molar-refractivity contribution in [1.29, 1.82) is 0 Å². The summed E-state index contributed by atoms with van der Waals surface area (Å²) in [5, 5.41) is 9.06. The minimum absolute atomic E-state index is 0.0561. The molecule has 0 unspecified atom stereocenters. The predicted molar refractivity (Wildman–Crippen MR) is 66.4 cm³/mol. The van der Waals surface area contributed by atoms with Crippen LogP contribution in [0.5, 0.6) is 0 Å². The second-order valence-corrected chi connectivity index (χ2v) is 4.37. The molecule has 0 atom stereocenters. The van der Waals surface area contributed by atoms with Crippen molar-refractivity contribution >= 4 is 11.9 Å². The van der Waals surface area contributed by atoms with Crippen molar-refractivity contribution in [2.75, 3.05) is 13.1 Å². The third kappa shape index (κ3) is 2.30. The van der Waals surface area contributed by atoms with E-state index in [1.54, 1.807) is 27.8 Å². The van der Waals surface area contributed by atoms with Crippen molar-refractivity contribution in [2.45, 2.75) is 18.9 Å². The van der Waals surface area contributed by atoms with Crippen molar-refractivity contribution in [3.63, 3.8) is 0 Å². The average Bonchev–Trinajstić information content (AvgIpc) is 2.87. The molecule has 0 radical (unpaired) electrons. The maximum absolute atomic E-state index is 11.4. The van der Waals surface area contributed by atoms with Gasteiger partial charge in [-0.05, 0) is 31.1 Å². The molecule has 96 valence electrons. The Bertz CT molecular complexity index is 470. The van der Waals surface area contributed by atoms with E-state index in [9.17, 15) is 9.59 Å². The standard InChI is InChI=1S/C13H16N2O3/c1-2-12(16)14-8-5-10(6-9-14)15-7-3-4-11(15)13(17)18/h2-4,7,10H,1,5-6,8-9H2,(H,17,18). The quantitative estimate of drug-likeness (QED) is 0.825. The Kier molecular flexibility index (Phi) is 3.50. The molecule has 1 aromatic heterocycles. The van der Waals surface area contributed by atoms with Gasteiger partial charge in [0.2, 0.25) is 5.91 Å². The Morgan fingerprint density at radius 1 is 1.39 bits per heavy atom. The molecule has 0 saturated carbocycles. The topological polar surface area (TPSA) is 62.5 Å². The predicted octanol–water partition coefficient (Wildman–Crippen LogP) is 1.54. The SMILES string of the molecule is C=CC(=O)N1CCC(n2cccc2C(=O)O)CC1. The summed E-state index contributed by atoms with van der Waals surface area (Å²) in [6, 6.07) is 3.49. The van der Waals surface area contributed by atoms with Crippen molar-refractivity contribution in [3.8, 4) is 0 Å². The molecule has 2 heterocycles. The van der Waals surface area contributed by atoms with Gasteiger partial charge in [0.05, 0.1) is 0 Å². The second kappa shape index (κ2) is 5.08. The average molecular weight is 248 g/mol. The highest BCUT2D eigenvalue weighted by Crippen LogP contribution is 2.24. The monoisotopic (exact) mass is 248 g/mol. The summed E-state index contributed by atoms with van der Waals surface area (Å²) in [6.45, 7) is 4.76. The number of carbonyl (C=O) groups excluding carboxylic acids is 1. The lowest BCUT2D eigenvalue weighted by Crippen LogP contribution is -2.38. The van der Waals surface area contributed by atoms with E-state index in [4.69, 9.17) is 5.11 Å². The van der Waals surface area contributed by atoms with Gasteiger partial charge in [0.1, 0.15) is 5.69 Å². The van der Waals surface area contributed by atoms with E-state index in [-0.39, 0.29) is 11.9 Å². The normalized spacial score (nSPS) is 16.6. The second-order valence-electron chi connectivity index (χ2n) is 4.37. The largest absolute Gasteiger partial charge is 0.477 e. The Morgan fingerprint density at radius 3 is 2.61 bits per heavy atom. The zero-order chi connectivity index (χ0) is 13.1. The van der Waals surface area contributed by atoms with Gasteiger partial charge in [0, 0.05) is 25.3 Å². The smallest absolute Gasteiger partial charge is 0.352 e. The van der Waals surface area contributed by atoms with E-state index >= 15 is 0 Å². The van der Waals surface area contributed by atoms with E-state index in [2.05, 4.69) is 6.58 Å². The summed E-state index contributed by atoms with van der Waals surface area (Å²) in [4.78, 5) is 24.2. The molecule has 5 nitrogen and oxygen atoms in total. The molecule has 2 rings (SSSR count). The van der Waals surface area contributed by atoms with Crippen LogP contribution in [-0.4, -0.2) is 39.5 Å². The van der Waals surface area contributed by atoms with Crippen molar-refractivity contribution in [1.82, 2.24) is 9.47 Å². The highest BCUT2D eigenvalue weighted by molar-refractivity contribution is 5.87. The Balaban J connectivity index is 2.05.